The molecule has 5 nitrogen and oxygen atoms in total. The highest BCUT2D eigenvalue weighted by Crippen LogP contribution is 2.48. The second kappa shape index (κ2) is 5.27. The van der Waals surface area contributed by atoms with Gasteiger partial charge in [0.25, 0.3) is 0 Å². The Morgan fingerprint density at radius 1 is 1.24 bits per heavy atom. The number of nitrogens with two attached hydrogens (primary N) is 1. The molecule has 0 heterocycles. The molecule has 21 heavy (non-hydrogen) atoms. The smallest absolute Gasteiger partial charge is 0.308 e. The summed E-state index contributed by atoms with van der Waals surface area (Å²) in [6.07, 6.45) is 6.48. The van der Waals surface area contributed by atoms with E-state index in [0.717, 1.165) is 32.1 Å². The molecule has 0 aromatic heterocycles. The molecule has 5 heteroatoms. The van der Waals surface area contributed by atoms with Crippen molar-refractivity contribution in [3.05, 3.63) is 0 Å². The predicted molar refractivity (Wildman–Crippen MR) is 78.4 cm³/mol. The Hall–Kier alpha value is -1.10. The average Bonchev–Trinajstić information content (AvgIpc) is 2.98. The van der Waals surface area contributed by atoms with E-state index in [1.54, 1.807) is 0 Å². The van der Waals surface area contributed by atoms with Crippen LogP contribution in [-0.2, 0) is 9.59 Å². The van der Waals surface area contributed by atoms with Crippen LogP contribution in [0, 0.1) is 23.7 Å². The average molecular weight is 294 g/mol. The zero-order chi connectivity index (χ0) is 15.2. The number of rotatable bonds is 3. The number of hydrogen-bond donors (Lipinski definition) is 3. The molecule has 118 valence electrons. The van der Waals surface area contributed by atoms with Gasteiger partial charge in [0.2, 0.25) is 5.91 Å². The molecule has 2 bridgehead atoms. The summed E-state index contributed by atoms with van der Waals surface area (Å²) in [4.78, 5) is 24.1. The normalized spacial score (nSPS) is 45.5. The Bertz CT molecular complexity index is 453. The molecule has 3 saturated carbocycles. The molecular weight excluding hydrogens is 268 g/mol. The van der Waals surface area contributed by atoms with Crippen LogP contribution < -0.4 is 11.1 Å². The summed E-state index contributed by atoms with van der Waals surface area (Å²) in [5, 5.41) is 12.5. The van der Waals surface area contributed by atoms with Crippen molar-refractivity contribution in [1.82, 2.24) is 5.32 Å². The molecule has 3 rings (SSSR count). The second-order valence-electron chi connectivity index (χ2n) is 7.55. The summed E-state index contributed by atoms with van der Waals surface area (Å²) in [7, 11) is 0. The van der Waals surface area contributed by atoms with Gasteiger partial charge in [-0.05, 0) is 49.9 Å². The molecule has 1 amide bonds. The number of aliphatic carboxylic acids is 1. The first-order chi connectivity index (χ1) is 9.90. The third kappa shape index (κ3) is 2.56. The quantitative estimate of drug-likeness (QED) is 0.735. The molecule has 0 aromatic rings. The van der Waals surface area contributed by atoms with E-state index in [-0.39, 0.29) is 17.9 Å². The zero-order valence-electron chi connectivity index (χ0n) is 12.7. The Balaban J connectivity index is 1.70. The van der Waals surface area contributed by atoms with Crippen LogP contribution in [0.3, 0.4) is 0 Å². The highest BCUT2D eigenvalue weighted by atomic mass is 16.4. The summed E-state index contributed by atoms with van der Waals surface area (Å²) < 4.78 is 0. The maximum atomic E-state index is 12.6. The maximum absolute atomic E-state index is 12.6. The number of amides is 1. The van der Waals surface area contributed by atoms with Gasteiger partial charge < -0.3 is 16.2 Å². The van der Waals surface area contributed by atoms with E-state index in [1.807, 2.05) is 0 Å². The van der Waals surface area contributed by atoms with Gasteiger partial charge in [0.05, 0.1) is 11.5 Å². The molecule has 0 aromatic carbocycles. The summed E-state index contributed by atoms with van der Waals surface area (Å²) in [5.41, 5.74) is 5.53. The van der Waals surface area contributed by atoms with Crippen molar-refractivity contribution in [2.45, 2.75) is 63.5 Å². The zero-order valence-corrected chi connectivity index (χ0v) is 12.7. The first-order valence-corrected chi connectivity index (χ1v) is 8.23. The first kappa shape index (κ1) is 14.8. The van der Waals surface area contributed by atoms with E-state index >= 15 is 0 Å². The summed E-state index contributed by atoms with van der Waals surface area (Å²) in [6, 6.07) is -0.216. The number of carbonyl (C=O) groups is 2. The second-order valence-corrected chi connectivity index (χ2v) is 7.55. The number of hydrogen-bond acceptors (Lipinski definition) is 3. The topological polar surface area (TPSA) is 92.4 Å². The van der Waals surface area contributed by atoms with Gasteiger partial charge in [-0.2, -0.15) is 0 Å². The van der Waals surface area contributed by atoms with Gasteiger partial charge in [0.15, 0.2) is 0 Å². The van der Waals surface area contributed by atoms with E-state index in [4.69, 9.17) is 5.73 Å². The first-order valence-electron chi connectivity index (χ1n) is 8.23. The summed E-state index contributed by atoms with van der Waals surface area (Å²) in [6.45, 7) is 2.13. The summed E-state index contributed by atoms with van der Waals surface area (Å²) in [5.74, 6) is -0.294. The van der Waals surface area contributed by atoms with E-state index in [9.17, 15) is 14.7 Å². The molecule has 6 atom stereocenters. The van der Waals surface area contributed by atoms with Crippen LogP contribution in [0.4, 0.5) is 0 Å². The van der Waals surface area contributed by atoms with E-state index in [0.29, 0.717) is 24.7 Å². The number of carboxylic acid groups (broad SMARTS) is 1. The van der Waals surface area contributed by atoms with E-state index in [1.165, 1.54) is 0 Å². The maximum Gasteiger partial charge on any atom is 0.308 e. The Kier molecular flexibility index (Phi) is 3.72. The Morgan fingerprint density at radius 2 is 1.95 bits per heavy atom. The number of nitrogens with one attached hydrogen (secondary N) is 1. The minimum atomic E-state index is -0.803. The number of carbonyl (C=O) groups excluding carboxylic acids is 1. The minimum absolute atomic E-state index is 0.127. The lowest BCUT2D eigenvalue weighted by Crippen LogP contribution is -2.60. The fourth-order valence-electron chi connectivity index (χ4n) is 4.95. The lowest BCUT2D eigenvalue weighted by atomic mass is 9.76. The van der Waals surface area contributed by atoms with Crippen LogP contribution in [0.5, 0.6) is 0 Å². The molecule has 0 radical (unpaired) electrons. The van der Waals surface area contributed by atoms with Crippen LogP contribution in [0.1, 0.15) is 51.9 Å². The van der Waals surface area contributed by atoms with Crippen LogP contribution in [0.25, 0.3) is 0 Å². The van der Waals surface area contributed by atoms with Crippen LogP contribution in [-0.4, -0.2) is 28.6 Å². The third-order valence-corrected chi connectivity index (χ3v) is 5.98. The number of carboxylic acids is 1. The van der Waals surface area contributed by atoms with Gasteiger partial charge >= 0.3 is 5.97 Å². The molecule has 6 unspecified atom stereocenters. The van der Waals surface area contributed by atoms with Crippen molar-refractivity contribution < 1.29 is 14.7 Å². The highest BCUT2D eigenvalue weighted by molar-refractivity contribution is 5.87. The largest absolute Gasteiger partial charge is 0.481 e. The third-order valence-electron chi connectivity index (χ3n) is 5.98. The van der Waals surface area contributed by atoms with Gasteiger partial charge in [-0.25, -0.2) is 0 Å². The van der Waals surface area contributed by atoms with Crippen molar-refractivity contribution in [2.24, 2.45) is 29.4 Å². The molecule has 3 aliphatic rings. The van der Waals surface area contributed by atoms with Gasteiger partial charge in [0, 0.05) is 6.04 Å². The van der Waals surface area contributed by atoms with Gasteiger partial charge in [0.1, 0.15) is 0 Å². The standard InChI is InChI=1S/C16H26N2O3/c1-9-3-2-6-16(17,8-9)15(21)18-13-11-5-4-10(7-11)12(13)14(19)20/h9-13H,2-8,17H2,1H3,(H,18,21)(H,19,20). The van der Waals surface area contributed by atoms with Crippen LogP contribution in [0.2, 0.25) is 0 Å². The van der Waals surface area contributed by atoms with Crippen molar-refractivity contribution in [1.29, 1.82) is 0 Å². The highest BCUT2D eigenvalue weighted by Gasteiger charge is 2.52. The lowest BCUT2D eigenvalue weighted by Gasteiger charge is -2.38. The molecule has 3 fully saturated rings. The Labute approximate surface area is 125 Å². The Morgan fingerprint density at radius 3 is 2.62 bits per heavy atom. The molecule has 4 N–H and O–H groups in total. The predicted octanol–water partition coefficient (Wildman–Crippen LogP) is 1.51. The fourth-order valence-corrected chi connectivity index (χ4v) is 4.95. The molecule has 0 spiro atoms. The van der Waals surface area contributed by atoms with Gasteiger partial charge in [-0.3, -0.25) is 9.59 Å². The van der Waals surface area contributed by atoms with Crippen molar-refractivity contribution >= 4 is 11.9 Å². The van der Waals surface area contributed by atoms with Crippen molar-refractivity contribution in [3.63, 3.8) is 0 Å². The van der Waals surface area contributed by atoms with Crippen LogP contribution >= 0.6 is 0 Å². The molecular formula is C16H26N2O3. The van der Waals surface area contributed by atoms with E-state index < -0.39 is 17.4 Å². The monoisotopic (exact) mass is 294 g/mol. The minimum Gasteiger partial charge on any atom is -0.481 e. The lowest BCUT2D eigenvalue weighted by molar-refractivity contribution is -0.145. The van der Waals surface area contributed by atoms with Crippen molar-refractivity contribution in [2.75, 3.05) is 0 Å². The van der Waals surface area contributed by atoms with E-state index in [2.05, 4.69) is 12.2 Å². The molecule has 0 aliphatic heterocycles. The van der Waals surface area contributed by atoms with Crippen molar-refractivity contribution in [3.8, 4) is 0 Å². The number of fused-ring (bicyclic) bond motifs is 2. The summed E-state index contributed by atoms with van der Waals surface area (Å²) >= 11 is 0. The SMILES string of the molecule is CC1CCCC(N)(C(=O)NC2C3CCC(C3)C2C(=O)O)C1. The molecule has 0 saturated heterocycles. The molecule has 3 aliphatic carbocycles. The van der Waals surface area contributed by atoms with Crippen LogP contribution in [0.15, 0.2) is 0 Å². The van der Waals surface area contributed by atoms with Gasteiger partial charge in [-0.1, -0.05) is 19.8 Å². The van der Waals surface area contributed by atoms with Gasteiger partial charge in [-0.15, -0.1) is 0 Å². The fraction of sp³-hybridized carbons (Fsp3) is 0.875.